The van der Waals surface area contributed by atoms with Crippen LogP contribution in [-0.4, -0.2) is 0 Å². The van der Waals surface area contributed by atoms with Gasteiger partial charge < -0.3 is 0 Å². The summed E-state index contributed by atoms with van der Waals surface area (Å²) in [6.07, 6.45) is 0. The third-order valence-electron chi connectivity index (χ3n) is 12.6. The van der Waals surface area contributed by atoms with Gasteiger partial charge in [0.25, 0.3) is 0 Å². The molecule has 242 valence electrons. The normalized spacial score (nSPS) is 12.6. The second kappa shape index (κ2) is 9.76. The smallest absolute Gasteiger partial charge is 0.00137 e. The topological polar surface area (TPSA) is 0 Å². The molecule has 11 aromatic rings. The summed E-state index contributed by atoms with van der Waals surface area (Å²) in [5, 5.41) is 16.2. The Kier molecular flexibility index (Phi) is 5.14. The molecule has 53 heavy (non-hydrogen) atoms. The molecule has 2 aliphatic carbocycles. The highest BCUT2D eigenvalue weighted by atomic mass is 14.3. The van der Waals surface area contributed by atoms with Crippen LogP contribution in [0.3, 0.4) is 0 Å². The lowest BCUT2D eigenvalue weighted by Crippen LogP contribution is -1.89. The molecule has 0 bridgehead atoms. The van der Waals surface area contributed by atoms with Gasteiger partial charge in [0.1, 0.15) is 0 Å². The Morgan fingerprint density at radius 2 is 0.679 bits per heavy atom. The summed E-state index contributed by atoms with van der Waals surface area (Å²) in [5.74, 6) is 0. The largest absolute Gasteiger partial charge is 0.0622 e. The zero-order valence-corrected chi connectivity index (χ0v) is 29.1. The predicted molar refractivity (Wildman–Crippen MR) is 227 cm³/mol. The summed E-state index contributed by atoms with van der Waals surface area (Å²) >= 11 is 0. The Labute approximate surface area is 306 Å². The summed E-state index contributed by atoms with van der Waals surface area (Å²) in [6.45, 7) is 2.16. The first kappa shape index (κ1) is 27.9. The molecule has 0 heteroatoms. The Bertz CT molecular complexity index is 3400. The van der Waals surface area contributed by atoms with Gasteiger partial charge in [0.15, 0.2) is 0 Å². The third kappa shape index (κ3) is 3.42. The first-order chi connectivity index (χ1) is 26.2. The van der Waals surface area contributed by atoms with E-state index in [-0.39, 0.29) is 0 Å². The lowest BCUT2D eigenvalue weighted by molar-refractivity contribution is 1.47. The van der Waals surface area contributed by atoms with E-state index in [4.69, 9.17) is 0 Å². The summed E-state index contributed by atoms with van der Waals surface area (Å²) in [5.41, 5.74) is 17.2. The zero-order chi connectivity index (χ0) is 34.5. The van der Waals surface area contributed by atoms with Crippen molar-refractivity contribution in [3.63, 3.8) is 0 Å². The summed E-state index contributed by atoms with van der Waals surface area (Å²) in [4.78, 5) is 0. The van der Waals surface area contributed by atoms with Crippen LogP contribution >= 0.6 is 0 Å². The molecule has 0 nitrogen and oxygen atoms in total. The lowest BCUT2D eigenvalue weighted by Gasteiger charge is -2.17. The van der Waals surface area contributed by atoms with Crippen molar-refractivity contribution in [1.29, 1.82) is 0 Å². The average molecular weight is 667 g/mol. The fraction of sp³-hybridized carbons (Fsp3) is 0.0189. The minimum Gasteiger partial charge on any atom is -0.0622 e. The van der Waals surface area contributed by atoms with Crippen molar-refractivity contribution in [2.75, 3.05) is 0 Å². The van der Waals surface area contributed by atoms with Gasteiger partial charge in [-0.15, -0.1) is 0 Å². The van der Waals surface area contributed by atoms with Crippen LogP contribution in [-0.2, 0) is 0 Å². The average Bonchev–Trinajstić information content (AvgIpc) is 3.73. The van der Waals surface area contributed by atoms with Crippen molar-refractivity contribution >= 4 is 64.6 Å². The molecule has 2 aliphatic rings. The fourth-order valence-electron chi connectivity index (χ4n) is 10.4. The molecule has 0 spiro atoms. The molecule has 11 aromatic carbocycles. The van der Waals surface area contributed by atoms with Gasteiger partial charge in [-0.05, 0) is 138 Å². The zero-order valence-electron chi connectivity index (χ0n) is 29.1. The van der Waals surface area contributed by atoms with E-state index in [0.29, 0.717) is 0 Å². The molecule has 0 aromatic heterocycles. The minimum absolute atomic E-state index is 1.26. The van der Waals surface area contributed by atoms with E-state index in [1.807, 2.05) is 0 Å². The van der Waals surface area contributed by atoms with E-state index in [1.165, 1.54) is 137 Å². The first-order valence-corrected chi connectivity index (χ1v) is 18.7. The number of fused-ring (bicyclic) bond motifs is 12. The molecule has 0 fully saturated rings. The van der Waals surface area contributed by atoms with Crippen molar-refractivity contribution in [2.45, 2.75) is 6.92 Å². The highest BCUT2D eigenvalue weighted by molar-refractivity contribution is 6.41. The quantitative estimate of drug-likeness (QED) is 0.127. The van der Waals surface area contributed by atoms with Crippen LogP contribution in [0, 0.1) is 6.92 Å². The Morgan fingerprint density at radius 1 is 0.245 bits per heavy atom. The maximum Gasteiger partial charge on any atom is -0.00137 e. The second-order valence-electron chi connectivity index (χ2n) is 15.2. The minimum atomic E-state index is 1.26. The van der Waals surface area contributed by atoms with E-state index in [0.717, 1.165) is 0 Å². The van der Waals surface area contributed by atoms with Crippen molar-refractivity contribution < 1.29 is 0 Å². The van der Waals surface area contributed by atoms with Gasteiger partial charge in [0.05, 0.1) is 0 Å². The molecular weight excluding hydrogens is 637 g/mol. The Hall–Kier alpha value is -6.76. The maximum atomic E-state index is 2.42. The van der Waals surface area contributed by atoms with Gasteiger partial charge in [-0.2, -0.15) is 0 Å². The van der Waals surface area contributed by atoms with Gasteiger partial charge in [-0.3, -0.25) is 0 Å². The van der Waals surface area contributed by atoms with Crippen LogP contribution in [0.2, 0.25) is 0 Å². The highest BCUT2D eigenvalue weighted by Gasteiger charge is 2.30. The summed E-state index contributed by atoms with van der Waals surface area (Å²) < 4.78 is 0. The van der Waals surface area contributed by atoms with Crippen LogP contribution in [0.5, 0.6) is 0 Å². The number of rotatable bonds is 2. The molecule has 0 radical (unpaired) electrons. The van der Waals surface area contributed by atoms with Crippen molar-refractivity contribution in [1.82, 2.24) is 0 Å². The van der Waals surface area contributed by atoms with E-state index >= 15 is 0 Å². The van der Waals surface area contributed by atoms with Gasteiger partial charge >= 0.3 is 0 Å². The molecule has 0 unspecified atom stereocenters. The monoisotopic (exact) mass is 666 g/mol. The number of benzene rings is 11. The molecule has 0 saturated heterocycles. The molecular formula is C53H30. The maximum absolute atomic E-state index is 2.42. The SMILES string of the molecule is Cc1ccc(-c2cccc3ccc4c(c23)-c2ccc3c5ccc6c7c(ccc(c8ccc-4c2c83)c75)-c2c-6ccc3cccc(-c4ccccc4)c23)cc1. The fourth-order valence-corrected chi connectivity index (χ4v) is 10.4. The van der Waals surface area contributed by atoms with Gasteiger partial charge in [0.2, 0.25) is 0 Å². The predicted octanol–water partition coefficient (Wildman–Crippen LogP) is 15.0. The number of hydrogen-bond acceptors (Lipinski definition) is 0. The molecule has 0 heterocycles. The van der Waals surface area contributed by atoms with E-state index in [2.05, 4.69) is 171 Å². The summed E-state index contributed by atoms with van der Waals surface area (Å²) in [7, 11) is 0. The Morgan fingerprint density at radius 3 is 1.17 bits per heavy atom. The van der Waals surface area contributed by atoms with Crippen LogP contribution in [0.25, 0.3) is 131 Å². The molecule has 0 saturated carbocycles. The van der Waals surface area contributed by atoms with Gasteiger partial charge in [-0.25, -0.2) is 0 Å². The molecule has 0 aliphatic heterocycles. The molecule has 0 N–H and O–H groups in total. The van der Waals surface area contributed by atoms with E-state index in [9.17, 15) is 0 Å². The van der Waals surface area contributed by atoms with Crippen molar-refractivity contribution in [3.8, 4) is 66.8 Å². The van der Waals surface area contributed by atoms with Gasteiger partial charge in [-0.1, -0.05) is 169 Å². The summed E-state index contributed by atoms with van der Waals surface area (Å²) in [6, 6.07) is 62.1. The lowest BCUT2D eigenvalue weighted by atomic mass is 9.86. The Balaban J connectivity index is 1.11. The number of hydrogen-bond donors (Lipinski definition) is 0. The van der Waals surface area contributed by atoms with E-state index in [1.54, 1.807) is 0 Å². The van der Waals surface area contributed by atoms with Crippen LogP contribution in [0.15, 0.2) is 164 Å². The van der Waals surface area contributed by atoms with Crippen molar-refractivity contribution in [2.24, 2.45) is 0 Å². The van der Waals surface area contributed by atoms with Crippen molar-refractivity contribution in [3.05, 3.63) is 169 Å². The molecule has 0 atom stereocenters. The second-order valence-corrected chi connectivity index (χ2v) is 15.2. The molecule has 0 amide bonds. The van der Waals surface area contributed by atoms with Gasteiger partial charge in [0, 0.05) is 0 Å². The number of aryl methyl sites for hydroxylation is 1. The van der Waals surface area contributed by atoms with Crippen LogP contribution < -0.4 is 0 Å². The van der Waals surface area contributed by atoms with Crippen LogP contribution in [0.4, 0.5) is 0 Å². The standard InChI is InChI=1S/C53H30/c1-29-13-15-31(16-14-29)35-12-6-10-33-18-20-37-43-24-22-39-40-25-27-44-50-36(19-17-32-9-5-11-34(46(32)50)30-7-3-2-4-8-30)42-23-21-38(48(40)52(42)44)41-26-28-45(51(37)47(33)35)53(43)49(39)41/h2-28H,1H3. The third-order valence-corrected chi connectivity index (χ3v) is 12.6. The molecule has 13 rings (SSSR count). The first-order valence-electron chi connectivity index (χ1n) is 18.7. The van der Waals surface area contributed by atoms with E-state index < -0.39 is 0 Å². The van der Waals surface area contributed by atoms with Crippen LogP contribution in [0.1, 0.15) is 5.56 Å². The highest BCUT2D eigenvalue weighted by Crippen LogP contribution is 2.58.